The SMILES string of the molecule is CNS(=O)(=O)c1cc(/C=C/C(=O)OC(C)C(=O)Nc2ccc(Br)cc2)ccc1OC. The second-order valence-corrected chi connectivity index (χ2v) is 8.80. The van der Waals surface area contributed by atoms with E-state index in [0.29, 0.717) is 11.3 Å². The van der Waals surface area contributed by atoms with Crippen molar-refractivity contribution in [1.82, 2.24) is 4.72 Å². The first-order valence-electron chi connectivity index (χ1n) is 8.73. The third-order valence-electron chi connectivity index (χ3n) is 3.93. The molecule has 10 heteroatoms. The lowest BCUT2D eigenvalue weighted by molar-refractivity contribution is -0.148. The van der Waals surface area contributed by atoms with E-state index in [-0.39, 0.29) is 10.6 Å². The molecule has 0 radical (unpaired) electrons. The van der Waals surface area contributed by atoms with Crippen molar-refractivity contribution in [3.05, 3.63) is 58.6 Å². The van der Waals surface area contributed by atoms with Crippen LogP contribution in [0.2, 0.25) is 0 Å². The van der Waals surface area contributed by atoms with E-state index in [4.69, 9.17) is 9.47 Å². The average molecular weight is 497 g/mol. The van der Waals surface area contributed by atoms with Gasteiger partial charge in [0.05, 0.1) is 7.11 Å². The molecular weight excluding hydrogens is 476 g/mol. The Morgan fingerprint density at radius 1 is 1.13 bits per heavy atom. The van der Waals surface area contributed by atoms with Crippen LogP contribution in [-0.4, -0.2) is 40.6 Å². The third kappa shape index (κ3) is 6.41. The summed E-state index contributed by atoms with van der Waals surface area (Å²) in [7, 11) is -1.10. The molecule has 2 aromatic rings. The normalized spacial score (nSPS) is 12.4. The number of rotatable bonds is 8. The molecule has 160 valence electrons. The first-order valence-corrected chi connectivity index (χ1v) is 11.0. The van der Waals surface area contributed by atoms with Crippen molar-refractivity contribution < 1.29 is 27.5 Å². The molecule has 0 bridgehead atoms. The molecule has 8 nitrogen and oxygen atoms in total. The topological polar surface area (TPSA) is 111 Å². The molecule has 1 unspecified atom stereocenters. The van der Waals surface area contributed by atoms with Gasteiger partial charge < -0.3 is 14.8 Å². The van der Waals surface area contributed by atoms with Crippen LogP contribution in [0.1, 0.15) is 12.5 Å². The number of benzene rings is 2. The molecule has 0 heterocycles. The van der Waals surface area contributed by atoms with E-state index in [1.807, 2.05) is 0 Å². The van der Waals surface area contributed by atoms with Crippen LogP contribution in [0.4, 0.5) is 5.69 Å². The van der Waals surface area contributed by atoms with Gasteiger partial charge in [-0.15, -0.1) is 0 Å². The lowest BCUT2D eigenvalue weighted by atomic mass is 10.2. The monoisotopic (exact) mass is 496 g/mol. The van der Waals surface area contributed by atoms with Crippen molar-refractivity contribution in [2.75, 3.05) is 19.5 Å². The van der Waals surface area contributed by atoms with Crippen molar-refractivity contribution in [2.45, 2.75) is 17.9 Å². The molecule has 1 amide bonds. The number of sulfonamides is 1. The van der Waals surface area contributed by atoms with E-state index in [2.05, 4.69) is 26.0 Å². The number of carbonyl (C=O) groups excluding carboxylic acids is 2. The number of hydrogen-bond acceptors (Lipinski definition) is 6. The highest BCUT2D eigenvalue weighted by molar-refractivity contribution is 9.10. The van der Waals surface area contributed by atoms with E-state index >= 15 is 0 Å². The Morgan fingerprint density at radius 2 is 1.80 bits per heavy atom. The zero-order chi connectivity index (χ0) is 22.3. The Labute approximate surface area is 183 Å². The fraction of sp³-hybridized carbons (Fsp3) is 0.200. The summed E-state index contributed by atoms with van der Waals surface area (Å²) < 4.78 is 37.5. The summed E-state index contributed by atoms with van der Waals surface area (Å²) in [6.07, 6.45) is 1.47. The maximum absolute atomic E-state index is 12.2. The molecule has 0 fully saturated rings. The van der Waals surface area contributed by atoms with E-state index in [1.54, 1.807) is 30.3 Å². The Balaban J connectivity index is 2.04. The second kappa shape index (κ2) is 10.4. The zero-order valence-corrected chi connectivity index (χ0v) is 18.9. The third-order valence-corrected chi connectivity index (χ3v) is 5.90. The van der Waals surface area contributed by atoms with Crippen molar-refractivity contribution >= 4 is 49.6 Å². The molecule has 0 saturated heterocycles. The average Bonchev–Trinajstić information content (AvgIpc) is 2.73. The highest BCUT2D eigenvalue weighted by Gasteiger charge is 2.19. The van der Waals surface area contributed by atoms with Crippen molar-refractivity contribution in [3.63, 3.8) is 0 Å². The summed E-state index contributed by atoms with van der Waals surface area (Å²) in [6.45, 7) is 1.45. The van der Waals surface area contributed by atoms with Gasteiger partial charge in [0.1, 0.15) is 10.6 Å². The molecule has 2 rings (SSSR count). The van der Waals surface area contributed by atoms with E-state index in [9.17, 15) is 18.0 Å². The van der Waals surface area contributed by atoms with Crippen LogP contribution in [0.3, 0.4) is 0 Å². The number of carbonyl (C=O) groups is 2. The van der Waals surface area contributed by atoms with Crippen LogP contribution >= 0.6 is 15.9 Å². The van der Waals surface area contributed by atoms with Crippen molar-refractivity contribution in [2.24, 2.45) is 0 Å². The van der Waals surface area contributed by atoms with Gasteiger partial charge in [0, 0.05) is 16.2 Å². The molecule has 0 aliphatic carbocycles. The fourth-order valence-corrected chi connectivity index (χ4v) is 3.52. The van der Waals surface area contributed by atoms with Gasteiger partial charge in [-0.25, -0.2) is 17.9 Å². The summed E-state index contributed by atoms with van der Waals surface area (Å²) in [5.74, 6) is -1.06. The van der Waals surface area contributed by atoms with Crippen LogP contribution < -0.4 is 14.8 Å². The van der Waals surface area contributed by atoms with Gasteiger partial charge in [-0.05, 0) is 62.0 Å². The Bertz CT molecular complexity index is 1050. The maximum Gasteiger partial charge on any atom is 0.331 e. The maximum atomic E-state index is 12.2. The van der Waals surface area contributed by atoms with Crippen molar-refractivity contribution in [3.8, 4) is 5.75 Å². The minimum absolute atomic E-state index is 0.0646. The van der Waals surface area contributed by atoms with E-state index < -0.39 is 28.0 Å². The summed E-state index contributed by atoms with van der Waals surface area (Å²) in [5.41, 5.74) is 1.01. The Kier molecular flexibility index (Phi) is 8.16. The summed E-state index contributed by atoms with van der Waals surface area (Å²) in [6, 6.07) is 11.4. The highest BCUT2D eigenvalue weighted by atomic mass is 79.9. The molecule has 2 N–H and O–H groups in total. The molecule has 0 aliphatic rings. The van der Waals surface area contributed by atoms with Crippen LogP contribution in [0.5, 0.6) is 5.75 Å². The molecule has 0 aliphatic heterocycles. The minimum atomic E-state index is -3.75. The molecular formula is C20H21BrN2O6S. The number of nitrogens with one attached hydrogen (secondary N) is 2. The summed E-state index contributed by atoms with van der Waals surface area (Å²) in [4.78, 5) is 24.1. The van der Waals surface area contributed by atoms with Gasteiger partial charge in [-0.2, -0.15) is 0 Å². The molecule has 0 saturated carbocycles. The van der Waals surface area contributed by atoms with Gasteiger partial charge in [0.2, 0.25) is 10.0 Å². The minimum Gasteiger partial charge on any atom is -0.495 e. The lowest BCUT2D eigenvalue weighted by Crippen LogP contribution is -2.29. The molecule has 0 aromatic heterocycles. The van der Waals surface area contributed by atoms with Gasteiger partial charge in [0.15, 0.2) is 6.10 Å². The Hall–Kier alpha value is -2.69. The van der Waals surface area contributed by atoms with E-state index in [0.717, 1.165) is 10.5 Å². The number of anilines is 1. The molecule has 0 spiro atoms. The van der Waals surface area contributed by atoms with Crippen LogP contribution in [0.15, 0.2) is 57.9 Å². The van der Waals surface area contributed by atoms with Crippen LogP contribution in [0, 0.1) is 0 Å². The first-order chi connectivity index (χ1) is 14.2. The number of hydrogen-bond donors (Lipinski definition) is 2. The van der Waals surface area contributed by atoms with Gasteiger partial charge in [-0.3, -0.25) is 4.79 Å². The summed E-state index contributed by atoms with van der Waals surface area (Å²) >= 11 is 3.30. The standard InChI is InChI=1S/C20H21BrN2O6S/c1-13(20(25)23-16-8-6-15(21)7-9-16)29-19(24)11-5-14-4-10-17(28-3)18(12-14)30(26,27)22-2/h4-13,22H,1-3H3,(H,23,25)/b11-5+. The van der Waals surface area contributed by atoms with Gasteiger partial charge in [0.25, 0.3) is 5.91 Å². The second-order valence-electron chi connectivity index (χ2n) is 6.03. The zero-order valence-electron chi connectivity index (χ0n) is 16.5. The van der Waals surface area contributed by atoms with Gasteiger partial charge >= 0.3 is 5.97 Å². The van der Waals surface area contributed by atoms with E-state index in [1.165, 1.54) is 39.3 Å². The number of halogens is 1. The molecule has 30 heavy (non-hydrogen) atoms. The number of methoxy groups -OCH3 is 1. The molecule has 2 aromatic carbocycles. The van der Waals surface area contributed by atoms with Crippen LogP contribution in [-0.2, 0) is 24.3 Å². The molecule has 1 atom stereocenters. The predicted octanol–water partition coefficient (Wildman–Crippen LogP) is 2.95. The lowest BCUT2D eigenvalue weighted by Gasteiger charge is -2.12. The fourth-order valence-electron chi connectivity index (χ4n) is 2.33. The Morgan fingerprint density at radius 3 is 2.40 bits per heavy atom. The number of ether oxygens (including phenoxy) is 2. The largest absolute Gasteiger partial charge is 0.495 e. The first kappa shape index (κ1) is 23.6. The van der Waals surface area contributed by atoms with Crippen LogP contribution in [0.25, 0.3) is 6.08 Å². The number of esters is 1. The van der Waals surface area contributed by atoms with Gasteiger partial charge in [-0.1, -0.05) is 22.0 Å². The predicted molar refractivity (Wildman–Crippen MR) is 117 cm³/mol. The quantitative estimate of drug-likeness (QED) is 0.429. The summed E-state index contributed by atoms with van der Waals surface area (Å²) in [5, 5.41) is 2.64. The smallest absolute Gasteiger partial charge is 0.331 e. The highest BCUT2D eigenvalue weighted by Crippen LogP contribution is 2.25. The number of amides is 1. The van der Waals surface area contributed by atoms with Crippen molar-refractivity contribution in [1.29, 1.82) is 0 Å².